The molecule has 5 N–H and O–H groups in total. The van der Waals surface area contributed by atoms with E-state index in [0.717, 1.165) is 39.0 Å². The number of rotatable bonds is 32. The highest BCUT2D eigenvalue weighted by Gasteiger charge is 2.56. The summed E-state index contributed by atoms with van der Waals surface area (Å²) >= 11 is 0. The van der Waals surface area contributed by atoms with Crippen LogP contribution in [0.4, 0.5) is 16.2 Å². The highest BCUT2D eigenvalue weighted by atomic mass is 28.4. The molecule has 3 aromatic rings. The van der Waals surface area contributed by atoms with Crippen LogP contribution in [0.25, 0.3) is 0 Å². The number of amides is 3. The monoisotopic (exact) mass is 1420 g/mol. The van der Waals surface area contributed by atoms with Gasteiger partial charge in [0.05, 0.1) is 83.3 Å². The molecule has 27 nitrogen and oxygen atoms in total. The summed E-state index contributed by atoms with van der Waals surface area (Å²) < 4.78 is 81.8. The summed E-state index contributed by atoms with van der Waals surface area (Å²) in [5.41, 5.74) is 9.63. The van der Waals surface area contributed by atoms with E-state index in [0.29, 0.717) is 62.4 Å². The van der Waals surface area contributed by atoms with Crippen LogP contribution in [0.2, 0.25) is 36.3 Å². The lowest BCUT2D eigenvalue weighted by Crippen LogP contribution is -2.64. The molecule has 8 atom stereocenters. The number of hydrogen-bond donors (Lipinski definition) is 4. The molecule has 29 heteroatoms. The number of nitrogen functional groups attached to an aromatic ring is 1. The van der Waals surface area contributed by atoms with Gasteiger partial charge in [-0.25, -0.2) is 9.59 Å². The first-order valence-electron chi connectivity index (χ1n) is 33.1. The molecular formula is C70H103N5O22Si2. The number of unbranched alkanes of at least 4 members (excludes halogenated alkanes) is 2. The van der Waals surface area contributed by atoms with Crippen LogP contribution in [-0.2, 0) is 67.8 Å². The van der Waals surface area contributed by atoms with Gasteiger partial charge in [0.2, 0.25) is 12.4 Å². The fourth-order valence-electron chi connectivity index (χ4n) is 10.7. The lowest BCUT2D eigenvalue weighted by Gasteiger charge is -2.43. The van der Waals surface area contributed by atoms with Crippen molar-refractivity contribution in [1.29, 1.82) is 0 Å². The van der Waals surface area contributed by atoms with Gasteiger partial charge < -0.3 is 91.7 Å². The van der Waals surface area contributed by atoms with Gasteiger partial charge in [0.25, 0.3) is 11.8 Å². The number of nitrogens with zero attached hydrogens (tertiary/aromatic N) is 2. The van der Waals surface area contributed by atoms with Crippen molar-refractivity contribution >= 4 is 69.8 Å². The van der Waals surface area contributed by atoms with Crippen LogP contribution >= 0.6 is 0 Å². The van der Waals surface area contributed by atoms with Crippen molar-refractivity contribution < 1.29 is 104 Å². The molecule has 3 amide bonds. The minimum atomic E-state index is -2.23. The molecule has 0 radical (unpaired) electrons. The number of methoxy groups -OCH3 is 4. The van der Waals surface area contributed by atoms with Crippen LogP contribution in [0.15, 0.2) is 66.0 Å². The van der Waals surface area contributed by atoms with Crippen molar-refractivity contribution in [2.24, 2.45) is 0 Å². The Hall–Kier alpha value is -7.94. The van der Waals surface area contributed by atoms with E-state index in [4.69, 9.17) is 71.4 Å². The number of ether oxygens (including phenoxy) is 12. The lowest BCUT2D eigenvalue weighted by atomic mass is 9.97. The SMILES string of the molecule is COCCNC(=O)c1cc(COC(=O)Nc2cc(OCCCCCOc3cc(N)c(C(=O)N4C=C(C)C[C@H]4CO[Si](C)(C)C(C)(C)C)cc3OC)c(OC)cc2C(O)N2C=C(C)C[C@H]2CO[Si](C)(C)C(C)(C)C)ccc1O[C@@H]1O[C@H](C(=O)OC)[C@@H](OC(C)=O)[C@H](OC(C)=O)[C@H]1OC(C)=O. The Morgan fingerprint density at radius 3 is 1.80 bits per heavy atom. The van der Waals surface area contributed by atoms with Gasteiger partial charge >= 0.3 is 30.0 Å². The molecule has 3 heterocycles. The van der Waals surface area contributed by atoms with E-state index < -0.39 is 96.1 Å². The van der Waals surface area contributed by atoms with Crippen LogP contribution in [-0.4, -0.2) is 184 Å². The first kappa shape index (κ1) is 80.0. The topological polar surface area (TPSA) is 325 Å². The summed E-state index contributed by atoms with van der Waals surface area (Å²) in [7, 11) is 1.13. The van der Waals surface area contributed by atoms with Crippen LogP contribution in [0.5, 0.6) is 28.7 Å². The summed E-state index contributed by atoms with van der Waals surface area (Å²) in [6.07, 6.45) is -4.16. The number of carbonyl (C=O) groups excluding carboxylic acids is 7. The fourth-order valence-corrected chi connectivity index (χ4v) is 12.8. The van der Waals surface area contributed by atoms with Crippen molar-refractivity contribution in [2.75, 3.05) is 79.1 Å². The average Bonchev–Trinajstić information content (AvgIpc) is 1.23. The van der Waals surface area contributed by atoms with E-state index in [1.54, 1.807) is 34.1 Å². The van der Waals surface area contributed by atoms with Gasteiger partial charge in [-0.15, -0.1) is 0 Å². The Bertz CT molecular complexity index is 3420. The van der Waals surface area contributed by atoms with Crippen molar-refractivity contribution in [1.82, 2.24) is 15.1 Å². The number of aliphatic hydroxyl groups is 1. The molecule has 0 saturated carbocycles. The Labute approximate surface area is 583 Å². The smallest absolute Gasteiger partial charge is 0.411 e. The largest absolute Gasteiger partial charge is 0.493 e. The van der Waals surface area contributed by atoms with E-state index in [1.165, 1.54) is 39.5 Å². The molecule has 6 rings (SSSR count). The third-order valence-corrected chi connectivity index (χ3v) is 27.1. The quantitative estimate of drug-likeness (QED) is 0.0148. The zero-order chi connectivity index (χ0) is 73.5. The molecule has 0 spiro atoms. The maximum absolute atomic E-state index is 14.2. The maximum Gasteiger partial charge on any atom is 0.411 e. The first-order valence-corrected chi connectivity index (χ1v) is 38.9. The van der Waals surface area contributed by atoms with Gasteiger partial charge in [0.15, 0.2) is 64.2 Å². The predicted molar refractivity (Wildman–Crippen MR) is 371 cm³/mol. The summed E-state index contributed by atoms with van der Waals surface area (Å²) in [5, 5.41) is 17.9. The van der Waals surface area contributed by atoms with Gasteiger partial charge in [-0.2, -0.15) is 0 Å². The standard InChI is InChI=1S/C70H103N5O22Si2/c1-41-29-47(39-91-98(16,17)69(6,7)8)74(36-41)64(80)49-32-55(85-13)57(34-52(49)71)88-26-21-20-22-27-89-58-35-53(50(33-56(58)86-14)65(81)75-37-42(2)30-48(75)40-92-99(18,19)70(9,10)11)73-68(83)90-38-46-23-24-54(51(31-46)63(79)72-25-28-84-12)96-67-62(95-45(5)78)60(94-44(4)77)59(93-43(3)76)61(97-67)66(82)87-15/h23-24,31-37,47-48,59-62,65,67,81H,20-22,25-30,38-40,71H2,1-19H3,(H,72,79)(H,73,83)/t47-,48-,59-,60-,61-,62+,65?,67+/m0/s1. The molecule has 3 aliphatic heterocycles. The third kappa shape index (κ3) is 21.3. The Kier molecular flexibility index (Phi) is 28.2. The van der Waals surface area contributed by atoms with Gasteiger partial charge in [-0.1, -0.05) is 58.8 Å². The van der Waals surface area contributed by atoms with Gasteiger partial charge in [0, 0.05) is 70.2 Å². The number of anilines is 2. The van der Waals surface area contributed by atoms with Crippen LogP contribution in [0, 0.1) is 0 Å². The second-order valence-electron chi connectivity index (χ2n) is 27.8. The number of carbonyl (C=O) groups is 7. The molecule has 1 saturated heterocycles. The predicted octanol–water partition coefficient (Wildman–Crippen LogP) is 10.2. The molecule has 3 aliphatic rings. The van der Waals surface area contributed by atoms with Crippen molar-refractivity contribution in [2.45, 2.75) is 200 Å². The normalized spacial score (nSPS) is 19.8. The van der Waals surface area contributed by atoms with Crippen molar-refractivity contribution in [3.63, 3.8) is 0 Å². The number of benzene rings is 3. The fraction of sp³-hybridized carbons (Fsp3) is 0.586. The molecule has 1 unspecified atom stereocenters. The molecule has 0 aliphatic carbocycles. The van der Waals surface area contributed by atoms with Crippen LogP contribution in [0.1, 0.15) is 146 Å². The first-order chi connectivity index (χ1) is 46.4. The van der Waals surface area contributed by atoms with E-state index in [2.05, 4.69) is 78.4 Å². The zero-order valence-electron chi connectivity index (χ0n) is 60.8. The second kappa shape index (κ2) is 34.9. The zero-order valence-corrected chi connectivity index (χ0v) is 62.8. The summed E-state index contributed by atoms with van der Waals surface area (Å²) in [4.78, 5) is 96.4. The number of esters is 4. The molecule has 548 valence electrons. The van der Waals surface area contributed by atoms with E-state index >= 15 is 0 Å². The van der Waals surface area contributed by atoms with E-state index in [1.807, 2.05) is 26.2 Å². The summed E-state index contributed by atoms with van der Waals surface area (Å²) in [5.74, 6) is -3.72. The second-order valence-corrected chi connectivity index (χ2v) is 37.5. The van der Waals surface area contributed by atoms with Crippen molar-refractivity contribution in [3.05, 3.63) is 88.3 Å². The molecular weight excluding hydrogens is 1320 g/mol. The minimum Gasteiger partial charge on any atom is -0.493 e. The van der Waals surface area contributed by atoms with Crippen molar-refractivity contribution in [3.8, 4) is 28.7 Å². The molecule has 0 aromatic heterocycles. The van der Waals surface area contributed by atoms with Gasteiger partial charge in [-0.3, -0.25) is 29.3 Å². The van der Waals surface area contributed by atoms with E-state index in [9.17, 15) is 38.7 Å². The van der Waals surface area contributed by atoms with Gasteiger partial charge in [0.1, 0.15) is 12.4 Å². The number of hydrogen-bond acceptors (Lipinski definition) is 24. The Balaban J connectivity index is 1.21. The lowest BCUT2D eigenvalue weighted by molar-refractivity contribution is -0.282. The number of nitrogens with two attached hydrogens (primary N) is 1. The molecule has 0 bridgehead atoms. The summed E-state index contributed by atoms with van der Waals surface area (Å²) in [6.45, 7) is 29.7. The van der Waals surface area contributed by atoms with Crippen LogP contribution < -0.4 is 40.1 Å². The third-order valence-electron chi connectivity index (χ3n) is 18.1. The Morgan fingerprint density at radius 1 is 0.667 bits per heavy atom. The minimum absolute atomic E-state index is 0.0109. The van der Waals surface area contributed by atoms with Crippen LogP contribution in [0.3, 0.4) is 0 Å². The summed E-state index contributed by atoms with van der Waals surface area (Å²) in [6, 6.07) is 10.1. The number of aliphatic hydroxyl groups excluding tert-OH is 1. The maximum atomic E-state index is 14.2. The molecule has 99 heavy (non-hydrogen) atoms. The van der Waals surface area contributed by atoms with Gasteiger partial charge in [-0.05, 0) is 112 Å². The Morgan fingerprint density at radius 2 is 1.22 bits per heavy atom. The molecule has 3 aromatic carbocycles. The number of nitrogens with one attached hydrogen (secondary N) is 2. The highest BCUT2D eigenvalue weighted by molar-refractivity contribution is 6.74. The highest BCUT2D eigenvalue weighted by Crippen LogP contribution is 2.44. The average molecular weight is 1420 g/mol. The van der Waals surface area contributed by atoms with E-state index in [-0.39, 0.29) is 99.7 Å². The molecule has 1 fully saturated rings.